The second-order valence-corrected chi connectivity index (χ2v) is 10.2. The SMILES string of the molecule is CCCNCc1ccc2c(=O)n(-c3ccc(C[C@H](NC(=O)c4c(Cl)cccc4Cl)C(=O)O)cc3)c(=O)n(C)c2c1. The topological polar surface area (TPSA) is 122 Å². The lowest BCUT2D eigenvalue weighted by molar-refractivity contribution is -0.139. The number of carbonyl (C=O) groups excluding carboxylic acids is 1. The van der Waals surface area contributed by atoms with Crippen molar-refractivity contribution in [3.63, 3.8) is 0 Å². The highest BCUT2D eigenvalue weighted by atomic mass is 35.5. The van der Waals surface area contributed by atoms with Crippen LogP contribution < -0.4 is 21.9 Å². The zero-order valence-corrected chi connectivity index (χ0v) is 23.4. The fourth-order valence-electron chi connectivity index (χ4n) is 4.41. The summed E-state index contributed by atoms with van der Waals surface area (Å²) in [5.74, 6) is -1.96. The van der Waals surface area contributed by atoms with Crippen LogP contribution in [0.15, 0.2) is 70.3 Å². The van der Waals surface area contributed by atoms with Gasteiger partial charge >= 0.3 is 11.7 Å². The number of benzene rings is 3. The largest absolute Gasteiger partial charge is 0.480 e. The van der Waals surface area contributed by atoms with Crippen molar-refractivity contribution in [1.82, 2.24) is 19.8 Å². The molecular formula is C29H28Cl2N4O5. The number of nitrogens with zero attached hydrogens (tertiary/aromatic N) is 2. The summed E-state index contributed by atoms with van der Waals surface area (Å²) in [5, 5.41) is 16.1. The first-order valence-corrected chi connectivity index (χ1v) is 13.4. The Balaban J connectivity index is 1.59. The van der Waals surface area contributed by atoms with E-state index in [1.807, 2.05) is 12.1 Å². The summed E-state index contributed by atoms with van der Waals surface area (Å²) in [6.07, 6.45) is 0.946. The molecule has 0 aliphatic heterocycles. The predicted molar refractivity (Wildman–Crippen MR) is 156 cm³/mol. The third-order valence-electron chi connectivity index (χ3n) is 6.52. The molecule has 0 unspecified atom stereocenters. The molecule has 1 amide bonds. The molecule has 0 aliphatic carbocycles. The molecule has 0 bridgehead atoms. The average Bonchev–Trinajstić information content (AvgIpc) is 2.92. The standard InChI is InChI=1S/C29H28Cl2N4O5/c1-3-13-32-16-18-9-12-20-24(15-18)34(2)29(40)35(27(20)37)19-10-7-17(8-11-19)14-23(28(38)39)33-26(36)25-21(30)5-4-6-22(25)31/h4-12,15,23,32H,3,13-14,16H2,1-2H3,(H,33,36)(H,38,39)/t23-/m0/s1. The van der Waals surface area contributed by atoms with E-state index in [-0.39, 0.29) is 22.0 Å². The van der Waals surface area contributed by atoms with Gasteiger partial charge in [-0.15, -0.1) is 0 Å². The molecule has 9 nitrogen and oxygen atoms in total. The van der Waals surface area contributed by atoms with Gasteiger partial charge in [-0.2, -0.15) is 0 Å². The van der Waals surface area contributed by atoms with Crippen LogP contribution in [0.2, 0.25) is 10.0 Å². The quantitative estimate of drug-likeness (QED) is 0.244. The van der Waals surface area contributed by atoms with Crippen LogP contribution in [0.25, 0.3) is 16.6 Å². The van der Waals surface area contributed by atoms with E-state index >= 15 is 0 Å². The third-order valence-corrected chi connectivity index (χ3v) is 7.15. The van der Waals surface area contributed by atoms with Gasteiger partial charge in [-0.05, 0) is 60.5 Å². The Labute approximate surface area is 240 Å². The number of amides is 1. The molecule has 0 spiro atoms. The van der Waals surface area contributed by atoms with E-state index in [0.29, 0.717) is 28.7 Å². The van der Waals surface area contributed by atoms with Gasteiger partial charge in [-0.3, -0.25) is 14.2 Å². The number of carboxylic acids is 1. The summed E-state index contributed by atoms with van der Waals surface area (Å²) >= 11 is 12.2. The normalized spacial score (nSPS) is 11.9. The van der Waals surface area contributed by atoms with Crippen molar-refractivity contribution in [2.24, 2.45) is 7.05 Å². The van der Waals surface area contributed by atoms with Crippen LogP contribution in [-0.2, 0) is 24.8 Å². The summed E-state index contributed by atoms with van der Waals surface area (Å²) in [4.78, 5) is 51.1. The molecule has 4 rings (SSSR count). The Morgan fingerprint density at radius 1 is 0.975 bits per heavy atom. The first-order chi connectivity index (χ1) is 19.1. The third kappa shape index (κ3) is 6.12. The molecule has 40 heavy (non-hydrogen) atoms. The van der Waals surface area contributed by atoms with E-state index in [4.69, 9.17) is 23.2 Å². The van der Waals surface area contributed by atoms with Crippen LogP contribution in [0.5, 0.6) is 0 Å². The molecule has 0 saturated heterocycles. The molecule has 0 aliphatic rings. The van der Waals surface area contributed by atoms with Crippen molar-refractivity contribution in [2.45, 2.75) is 32.4 Å². The number of carboxylic acid groups (broad SMARTS) is 1. The zero-order valence-electron chi connectivity index (χ0n) is 21.9. The minimum Gasteiger partial charge on any atom is -0.480 e. The summed E-state index contributed by atoms with van der Waals surface area (Å²) < 4.78 is 2.51. The maximum atomic E-state index is 13.3. The number of aryl methyl sites for hydroxylation is 1. The molecule has 0 radical (unpaired) electrons. The van der Waals surface area contributed by atoms with Gasteiger partial charge in [-0.1, -0.05) is 54.4 Å². The summed E-state index contributed by atoms with van der Waals surface area (Å²) in [6, 6.07) is 15.0. The second-order valence-electron chi connectivity index (χ2n) is 9.34. The molecule has 1 aromatic heterocycles. The number of aromatic nitrogens is 2. The fourth-order valence-corrected chi connectivity index (χ4v) is 4.97. The van der Waals surface area contributed by atoms with Gasteiger partial charge in [0.15, 0.2) is 0 Å². The second kappa shape index (κ2) is 12.5. The molecule has 0 saturated carbocycles. The molecule has 1 atom stereocenters. The lowest BCUT2D eigenvalue weighted by Crippen LogP contribution is -2.42. The summed E-state index contributed by atoms with van der Waals surface area (Å²) in [7, 11) is 1.61. The van der Waals surface area contributed by atoms with E-state index in [1.54, 1.807) is 43.4 Å². The highest BCUT2D eigenvalue weighted by Gasteiger charge is 2.24. The molecule has 3 N–H and O–H groups in total. The number of carbonyl (C=O) groups is 2. The number of halogens is 2. The lowest BCUT2D eigenvalue weighted by Gasteiger charge is -2.16. The maximum Gasteiger partial charge on any atom is 0.335 e. The molecule has 1 heterocycles. The van der Waals surface area contributed by atoms with Crippen molar-refractivity contribution in [3.05, 3.63) is 108 Å². The number of hydrogen-bond donors (Lipinski definition) is 3. The number of fused-ring (bicyclic) bond motifs is 1. The molecular weight excluding hydrogens is 555 g/mol. The van der Waals surface area contributed by atoms with Gasteiger partial charge in [0.1, 0.15) is 6.04 Å². The number of nitrogens with one attached hydrogen (secondary N) is 2. The summed E-state index contributed by atoms with van der Waals surface area (Å²) in [5.41, 5.74) is 1.44. The Kier molecular flexibility index (Phi) is 9.09. The minimum absolute atomic E-state index is 0.0108. The van der Waals surface area contributed by atoms with Gasteiger partial charge in [0.25, 0.3) is 11.5 Å². The Hall–Kier alpha value is -3.92. The van der Waals surface area contributed by atoms with Crippen molar-refractivity contribution in [3.8, 4) is 5.69 Å². The van der Waals surface area contributed by atoms with E-state index < -0.39 is 29.2 Å². The number of rotatable bonds is 10. The van der Waals surface area contributed by atoms with E-state index in [0.717, 1.165) is 23.1 Å². The molecule has 4 aromatic rings. The maximum absolute atomic E-state index is 13.3. The Bertz CT molecular complexity index is 1680. The lowest BCUT2D eigenvalue weighted by atomic mass is 10.0. The van der Waals surface area contributed by atoms with Crippen LogP contribution >= 0.6 is 23.2 Å². The monoisotopic (exact) mass is 582 g/mol. The van der Waals surface area contributed by atoms with Crippen LogP contribution in [0.3, 0.4) is 0 Å². The van der Waals surface area contributed by atoms with Crippen LogP contribution in [0.1, 0.15) is 34.8 Å². The van der Waals surface area contributed by atoms with Crippen molar-refractivity contribution < 1.29 is 14.7 Å². The van der Waals surface area contributed by atoms with E-state index in [1.165, 1.54) is 16.7 Å². The van der Waals surface area contributed by atoms with Crippen molar-refractivity contribution in [2.75, 3.05) is 6.54 Å². The average molecular weight is 583 g/mol. The molecule has 208 valence electrons. The first kappa shape index (κ1) is 29.1. The molecule has 3 aromatic carbocycles. The zero-order chi connectivity index (χ0) is 29.0. The van der Waals surface area contributed by atoms with Gasteiger partial charge in [0.05, 0.1) is 32.2 Å². The van der Waals surface area contributed by atoms with Gasteiger partial charge in [0, 0.05) is 20.0 Å². The van der Waals surface area contributed by atoms with E-state index in [9.17, 15) is 24.3 Å². The highest BCUT2D eigenvalue weighted by molar-refractivity contribution is 6.39. The fraction of sp³-hybridized carbons (Fsp3) is 0.241. The smallest absolute Gasteiger partial charge is 0.335 e. The van der Waals surface area contributed by atoms with Gasteiger partial charge < -0.3 is 15.7 Å². The number of hydrogen-bond acceptors (Lipinski definition) is 5. The first-order valence-electron chi connectivity index (χ1n) is 12.6. The van der Waals surface area contributed by atoms with Gasteiger partial charge in [0.2, 0.25) is 0 Å². The Morgan fingerprint density at radius 2 is 1.62 bits per heavy atom. The van der Waals surface area contributed by atoms with Gasteiger partial charge in [-0.25, -0.2) is 14.2 Å². The highest BCUT2D eigenvalue weighted by Crippen LogP contribution is 2.24. The molecule has 0 fully saturated rings. The molecule has 11 heteroatoms. The van der Waals surface area contributed by atoms with Crippen molar-refractivity contribution >= 4 is 46.0 Å². The van der Waals surface area contributed by atoms with Crippen LogP contribution in [0.4, 0.5) is 0 Å². The minimum atomic E-state index is -1.28. The number of aliphatic carboxylic acids is 1. The van der Waals surface area contributed by atoms with E-state index in [2.05, 4.69) is 17.6 Å². The summed E-state index contributed by atoms with van der Waals surface area (Å²) in [6.45, 7) is 3.57. The predicted octanol–water partition coefficient (Wildman–Crippen LogP) is 3.92. The van der Waals surface area contributed by atoms with Crippen LogP contribution in [0, 0.1) is 0 Å². The van der Waals surface area contributed by atoms with Crippen molar-refractivity contribution in [1.29, 1.82) is 0 Å². The Morgan fingerprint density at radius 3 is 2.25 bits per heavy atom. The van der Waals surface area contributed by atoms with Crippen LogP contribution in [-0.4, -0.2) is 38.7 Å².